The Morgan fingerprint density at radius 1 is 1.30 bits per heavy atom. The number of likely N-dealkylation sites (tertiary alicyclic amines) is 2. The van der Waals surface area contributed by atoms with Gasteiger partial charge in [0.2, 0.25) is 5.91 Å². The predicted molar refractivity (Wildman–Crippen MR) is 73.2 cm³/mol. The smallest absolute Gasteiger partial charge is 0.323 e. The Morgan fingerprint density at radius 2 is 2.10 bits per heavy atom. The summed E-state index contributed by atoms with van der Waals surface area (Å²) in [5, 5.41) is 0. The van der Waals surface area contributed by atoms with E-state index in [1.807, 2.05) is 4.90 Å². The van der Waals surface area contributed by atoms with Gasteiger partial charge in [0.05, 0.1) is 13.2 Å². The van der Waals surface area contributed by atoms with Crippen molar-refractivity contribution in [2.24, 2.45) is 0 Å². The first-order chi connectivity index (χ1) is 9.65. The number of hydrogen-bond acceptors (Lipinski definition) is 5. The number of carbonyl (C=O) groups excluding carboxylic acids is 2. The van der Waals surface area contributed by atoms with E-state index < -0.39 is 0 Å². The van der Waals surface area contributed by atoms with Crippen LogP contribution in [0.25, 0.3) is 0 Å². The van der Waals surface area contributed by atoms with Crippen LogP contribution in [0, 0.1) is 0 Å². The van der Waals surface area contributed by atoms with Crippen LogP contribution in [0.1, 0.15) is 25.7 Å². The normalized spacial score (nSPS) is 27.9. The van der Waals surface area contributed by atoms with Crippen LogP contribution in [-0.2, 0) is 19.1 Å². The summed E-state index contributed by atoms with van der Waals surface area (Å²) >= 11 is 0. The maximum Gasteiger partial charge on any atom is 0.323 e. The van der Waals surface area contributed by atoms with Crippen molar-refractivity contribution in [3.63, 3.8) is 0 Å². The van der Waals surface area contributed by atoms with Crippen molar-refractivity contribution in [1.82, 2.24) is 9.80 Å². The van der Waals surface area contributed by atoms with Gasteiger partial charge in [-0.15, -0.1) is 0 Å². The Hall–Kier alpha value is -1.14. The highest BCUT2D eigenvalue weighted by molar-refractivity contribution is 5.78. The van der Waals surface area contributed by atoms with Crippen molar-refractivity contribution in [3.8, 4) is 0 Å². The number of nitrogens with zero attached hydrogens (tertiary/aromatic N) is 2. The van der Waals surface area contributed by atoms with Crippen LogP contribution in [0.2, 0.25) is 0 Å². The number of amides is 1. The summed E-state index contributed by atoms with van der Waals surface area (Å²) in [6.07, 6.45) is 3.30. The maximum absolute atomic E-state index is 11.9. The molecule has 2 saturated heterocycles. The summed E-state index contributed by atoms with van der Waals surface area (Å²) in [5.74, 6) is 0.0193. The Bertz CT molecular complexity index is 361. The minimum Gasteiger partial charge on any atom is -0.468 e. The third kappa shape index (κ3) is 3.49. The third-order valence-corrected chi connectivity index (χ3v) is 4.30. The number of esters is 1. The summed E-state index contributed by atoms with van der Waals surface area (Å²) in [4.78, 5) is 27.5. The van der Waals surface area contributed by atoms with E-state index >= 15 is 0 Å². The molecule has 20 heavy (non-hydrogen) atoms. The highest BCUT2D eigenvalue weighted by Crippen LogP contribution is 2.21. The summed E-state index contributed by atoms with van der Waals surface area (Å²) in [5.41, 5.74) is 0. The van der Waals surface area contributed by atoms with Gasteiger partial charge in [0.15, 0.2) is 0 Å². The minimum absolute atomic E-state index is 0.115. The molecule has 114 valence electrons. The molecule has 0 aliphatic carbocycles. The van der Waals surface area contributed by atoms with Crippen molar-refractivity contribution < 1.29 is 19.1 Å². The molecule has 2 rings (SSSR count). The fraction of sp³-hybridized carbons (Fsp3) is 0.857. The molecule has 2 atom stereocenters. The fourth-order valence-electron chi connectivity index (χ4n) is 3.03. The van der Waals surface area contributed by atoms with E-state index in [1.165, 1.54) is 7.11 Å². The van der Waals surface area contributed by atoms with Gasteiger partial charge in [-0.05, 0) is 19.3 Å². The van der Waals surface area contributed by atoms with Crippen molar-refractivity contribution >= 4 is 11.9 Å². The number of methoxy groups -OCH3 is 2. The van der Waals surface area contributed by atoms with E-state index in [1.54, 1.807) is 7.11 Å². The first-order valence-electron chi connectivity index (χ1n) is 7.28. The molecule has 2 fully saturated rings. The Labute approximate surface area is 120 Å². The van der Waals surface area contributed by atoms with E-state index in [9.17, 15) is 9.59 Å². The molecule has 0 aromatic heterocycles. The standard InChI is InChI=1S/C14H24N2O4/c1-19-11-5-7-15(12(10-11)14(18)20-2)8-9-16-6-3-4-13(16)17/h11-12H,3-10H2,1-2H3/t11-,12-/m1/s1. The van der Waals surface area contributed by atoms with Crippen LogP contribution in [-0.4, -0.2) is 74.2 Å². The fourth-order valence-corrected chi connectivity index (χ4v) is 3.03. The molecule has 0 saturated carbocycles. The lowest BCUT2D eigenvalue weighted by molar-refractivity contribution is -0.150. The second-order valence-electron chi connectivity index (χ2n) is 5.44. The van der Waals surface area contributed by atoms with Gasteiger partial charge in [0.1, 0.15) is 6.04 Å². The van der Waals surface area contributed by atoms with Crippen LogP contribution in [0.5, 0.6) is 0 Å². The number of hydrogen-bond donors (Lipinski definition) is 0. The first kappa shape index (κ1) is 15.3. The monoisotopic (exact) mass is 284 g/mol. The summed E-state index contributed by atoms with van der Waals surface area (Å²) in [6.45, 7) is 3.07. The molecule has 0 bridgehead atoms. The molecule has 2 aliphatic heterocycles. The molecule has 0 spiro atoms. The van der Waals surface area contributed by atoms with E-state index in [0.717, 1.165) is 32.5 Å². The summed E-state index contributed by atoms with van der Waals surface area (Å²) < 4.78 is 10.2. The molecule has 0 aromatic carbocycles. The molecule has 0 unspecified atom stereocenters. The molecule has 6 heteroatoms. The number of rotatable bonds is 5. The Balaban J connectivity index is 1.90. The predicted octanol–water partition coefficient (Wildman–Crippen LogP) is 0.261. The number of ether oxygens (including phenoxy) is 2. The van der Waals surface area contributed by atoms with Gasteiger partial charge in [-0.25, -0.2) is 0 Å². The number of piperidine rings is 1. The van der Waals surface area contributed by atoms with E-state index in [2.05, 4.69) is 4.90 Å². The Morgan fingerprint density at radius 3 is 2.70 bits per heavy atom. The molecule has 0 aromatic rings. The van der Waals surface area contributed by atoms with Gasteiger partial charge >= 0.3 is 5.97 Å². The second-order valence-corrected chi connectivity index (χ2v) is 5.44. The summed E-state index contributed by atoms with van der Waals surface area (Å²) in [6, 6.07) is -0.253. The van der Waals surface area contributed by atoms with Gasteiger partial charge in [-0.2, -0.15) is 0 Å². The molecular formula is C14H24N2O4. The summed E-state index contributed by atoms with van der Waals surface area (Å²) in [7, 11) is 3.10. The largest absolute Gasteiger partial charge is 0.468 e. The van der Waals surface area contributed by atoms with Crippen LogP contribution < -0.4 is 0 Å². The lowest BCUT2D eigenvalue weighted by atomic mass is 9.99. The molecule has 1 amide bonds. The van der Waals surface area contributed by atoms with E-state index in [0.29, 0.717) is 19.4 Å². The van der Waals surface area contributed by atoms with Gasteiger partial charge in [-0.1, -0.05) is 0 Å². The highest BCUT2D eigenvalue weighted by Gasteiger charge is 2.34. The zero-order chi connectivity index (χ0) is 14.5. The van der Waals surface area contributed by atoms with Gasteiger partial charge < -0.3 is 14.4 Å². The second kappa shape index (κ2) is 7.04. The zero-order valence-electron chi connectivity index (χ0n) is 12.3. The quantitative estimate of drug-likeness (QED) is 0.678. The maximum atomic E-state index is 11.9. The highest BCUT2D eigenvalue weighted by atomic mass is 16.5. The molecule has 0 radical (unpaired) electrons. The van der Waals surface area contributed by atoms with Crippen molar-refractivity contribution in [2.45, 2.75) is 37.8 Å². The third-order valence-electron chi connectivity index (χ3n) is 4.30. The van der Waals surface area contributed by atoms with E-state index in [-0.39, 0.29) is 24.0 Å². The van der Waals surface area contributed by atoms with Gasteiger partial charge in [0, 0.05) is 39.7 Å². The molecule has 2 aliphatic rings. The van der Waals surface area contributed by atoms with E-state index in [4.69, 9.17) is 9.47 Å². The van der Waals surface area contributed by atoms with Crippen molar-refractivity contribution in [1.29, 1.82) is 0 Å². The topological polar surface area (TPSA) is 59.1 Å². The number of carbonyl (C=O) groups is 2. The van der Waals surface area contributed by atoms with Crippen molar-refractivity contribution in [3.05, 3.63) is 0 Å². The van der Waals surface area contributed by atoms with Crippen LogP contribution >= 0.6 is 0 Å². The molecule has 0 N–H and O–H groups in total. The van der Waals surface area contributed by atoms with Crippen LogP contribution in [0.15, 0.2) is 0 Å². The lowest BCUT2D eigenvalue weighted by Crippen LogP contribution is -2.51. The lowest BCUT2D eigenvalue weighted by Gasteiger charge is -2.37. The SMILES string of the molecule is COC(=O)[C@H]1C[C@H](OC)CCN1CCN1CCCC1=O. The Kier molecular flexibility index (Phi) is 5.37. The zero-order valence-corrected chi connectivity index (χ0v) is 12.3. The first-order valence-corrected chi connectivity index (χ1v) is 7.28. The van der Waals surface area contributed by atoms with Gasteiger partial charge in [0.25, 0.3) is 0 Å². The van der Waals surface area contributed by atoms with Crippen LogP contribution in [0.4, 0.5) is 0 Å². The average molecular weight is 284 g/mol. The molecular weight excluding hydrogens is 260 g/mol. The van der Waals surface area contributed by atoms with Crippen LogP contribution in [0.3, 0.4) is 0 Å². The van der Waals surface area contributed by atoms with Gasteiger partial charge in [-0.3, -0.25) is 14.5 Å². The molecule has 6 nitrogen and oxygen atoms in total. The average Bonchev–Trinajstić information content (AvgIpc) is 2.89. The minimum atomic E-state index is -0.253. The molecule has 2 heterocycles. The van der Waals surface area contributed by atoms with Crippen molar-refractivity contribution in [2.75, 3.05) is 40.4 Å².